The van der Waals surface area contributed by atoms with Gasteiger partial charge >= 0.3 is 10.1 Å². The van der Waals surface area contributed by atoms with E-state index in [9.17, 15) is 31.0 Å². The number of hydrogen-bond donors (Lipinski definition) is 2. The van der Waals surface area contributed by atoms with E-state index < -0.39 is 41.5 Å². The summed E-state index contributed by atoms with van der Waals surface area (Å²) in [6.45, 7) is 2.17. The lowest BCUT2D eigenvalue weighted by atomic mass is 9.88. The Hall–Kier alpha value is -2.96. The van der Waals surface area contributed by atoms with E-state index in [2.05, 4.69) is 39.2 Å². The first kappa shape index (κ1) is 25.7. The van der Waals surface area contributed by atoms with Crippen LogP contribution in [-0.4, -0.2) is 50.7 Å². The zero-order valence-corrected chi connectivity index (χ0v) is 22.2. The topological polar surface area (TPSA) is 141 Å². The maximum absolute atomic E-state index is 12.1. The minimum atomic E-state index is -5.23. The van der Waals surface area contributed by atoms with Crippen LogP contribution in [0.2, 0.25) is 0 Å². The molecular weight excluding hydrogens is 518 g/mol. The highest BCUT2D eigenvalue weighted by Crippen LogP contribution is 2.48. The van der Waals surface area contributed by atoms with Gasteiger partial charge in [-0.2, -0.15) is 8.42 Å². The molecule has 3 aliphatic rings. The normalized spacial score (nSPS) is 22.8. The molecule has 2 aliphatic heterocycles. The summed E-state index contributed by atoms with van der Waals surface area (Å²) in [5, 5.41) is 10.4. The minimum Gasteiger partial charge on any atom is -0.744 e. The summed E-state index contributed by atoms with van der Waals surface area (Å²) in [5.41, 5.74) is 3.72. The second-order valence-electron chi connectivity index (χ2n) is 10.3. The quantitative estimate of drug-likeness (QED) is 0.435. The number of benzene rings is 2. The van der Waals surface area contributed by atoms with Crippen LogP contribution in [0.3, 0.4) is 0 Å². The summed E-state index contributed by atoms with van der Waals surface area (Å²) in [7, 11) is -6.08. The lowest BCUT2D eigenvalue weighted by Gasteiger charge is -2.39. The number of quaternary nitrogens is 1. The molecule has 0 spiro atoms. The van der Waals surface area contributed by atoms with Gasteiger partial charge in [0.25, 0.3) is 0 Å². The Morgan fingerprint density at radius 2 is 1.84 bits per heavy atom. The Morgan fingerprint density at radius 3 is 2.49 bits per heavy atom. The van der Waals surface area contributed by atoms with E-state index in [-0.39, 0.29) is 11.1 Å². The maximum Gasteiger partial charge on any atom is 0.302 e. The first-order chi connectivity index (χ1) is 17.1. The van der Waals surface area contributed by atoms with E-state index in [1.54, 1.807) is 0 Å². The Morgan fingerprint density at radius 1 is 1.14 bits per heavy atom. The predicted molar refractivity (Wildman–Crippen MR) is 137 cm³/mol. The van der Waals surface area contributed by atoms with Gasteiger partial charge in [-0.05, 0) is 61.6 Å². The van der Waals surface area contributed by atoms with Crippen LogP contribution in [-0.2, 0) is 26.7 Å². The zero-order chi connectivity index (χ0) is 27.0. The lowest BCUT2D eigenvalue weighted by Crippen LogP contribution is -2.55. The van der Waals surface area contributed by atoms with Crippen molar-refractivity contribution in [3.05, 3.63) is 70.5 Å². The summed E-state index contributed by atoms with van der Waals surface area (Å²) in [5.74, 6) is -1.40. The SMILES string of the molecule is CC1(C=CC2=C3Oc4c(cc(S(=O)(=O)[O-])c(O)c4S(=O)(=O)O)C=C3CCC2)Cc2ccccc2[N+]1(C)C. The Kier molecular flexibility index (Phi) is 5.74. The first-order valence-electron chi connectivity index (χ1n) is 11.7. The van der Waals surface area contributed by atoms with Gasteiger partial charge in [-0.3, -0.25) is 9.04 Å². The van der Waals surface area contributed by atoms with Gasteiger partial charge in [0, 0.05) is 17.5 Å². The molecule has 0 amide bonds. The fourth-order valence-corrected chi connectivity index (χ4v) is 6.90. The molecule has 0 aromatic heterocycles. The smallest absolute Gasteiger partial charge is 0.302 e. The number of phenolic OH excluding ortho intramolecular Hbond substituents is 1. The molecule has 1 atom stereocenters. The van der Waals surface area contributed by atoms with Crippen molar-refractivity contribution in [2.75, 3.05) is 14.1 Å². The average molecular weight is 546 g/mol. The van der Waals surface area contributed by atoms with Crippen molar-refractivity contribution in [1.29, 1.82) is 0 Å². The van der Waals surface area contributed by atoms with Gasteiger partial charge < -0.3 is 14.4 Å². The van der Waals surface area contributed by atoms with Crippen LogP contribution in [0.15, 0.2) is 69.2 Å². The summed E-state index contributed by atoms with van der Waals surface area (Å²) < 4.78 is 75.6. The van der Waals surface area contributed by atoms with Gasteiger partial charge in [-0.1, -0.05) is 24.3 Å². The third kappa shape index (κ3) is 4.11. The number of rotatable bonds is 4. The highest BCUT2D eigenvalue weighted by molar-refractivity contribution is 7.87. The fraction of sp³-hybridized carbons (Fsp3) is 0.308. The number of para-hydroxylation sites is 1. The molecule has 2 aromatic carbocycles. The van der Waals surface area contributed by atoms with Gasteiger partial charge in [0.1, 0.15) is 27.1 Å². The van der Waals surface area contributed by atoms with Gasteiger partial charge in [0.15, 0.2) is 16.4 Å². The van der Waals surface area contributed by atoms with E-state index in [4.69, 9.17) is 4.74 Å². The van der Waals surface area contributed by atoms with Crippen LogP contribution in [0.25, 0.3) is 6.08 Å². The largest absolute Gasteiger partial charge is 0.744 e. The molecule has 1 aliphatic carbocycles. The minimum absolute atomic E-state index is 0.0279. The lowest BCUT2D eigenvalue weighted by molar-refractivity contribution is 0.255. The molecule has 1 unspecified atom stereocenters. The summed E-state index contributed by atoms with van der Waals surface area (Å²) in [6.07, 6.45) is 8.48. The number of nitrogens with zero attached hydrogens (tertiary/aromatic N) is 1. The molecule has 2 aromatic rings. The van der Waals surface area contributed by atoms with E-state index in [1.807, 2.05) is 18.2 Å². The monoisotopic (exact) mass is 545 g/mol. The summed E-state index contributed by atoms with van der Waals surface area (Å²) in [4.78, 5) is -2.29. The van der Waals surface area contributed by atoms with Crippen LogP contribution in [0.1, 0.15) is 37.3 Å². The predicted octanol–water partition coefficient (Wildman–Crippen LogP) is 3.89. The van der Waals surface area contributed by atoms with E-state index in [0.717, 1.165) is 24.5 Å². The highest BCUT2D eigenvalue weighted by atomic mass is 32.2. The number of fused-ring (bicyclic) bond motifs is 3. The maximum atomic E-state index is 12.1. The van der Waals surface area contributed by atoms with Crippen molar-refractivity contribution in [1.82, 2.24) is 4.48 Å². The average Bonchev–Trinajstić information content (AvgIpc) is 3.00. The van der Waals surface area contributed by atoms with Gasteiger partial charge in [0.05, 0.1) is 19.0 Å². The Bertz CT molecular complexity index is 1650. The number of aromatic hydroxyl groups is 1. The Balaban J connectivity index is 1.62. The molecular formula is C26H27NO8S2. The van der Waals surface area contributed by atoms with Crippen molar-refractivity contribution in [2.24, 2.45) is 0 Å². The second kappa shape index (κ2) is 8.27. The molecule has 0 fully saturated rings. The van der Waals surface area contributed by atoms with Crippen LogP contribution in [0, 0.1) is 0 Å². The standard InChI is InChI=1S/C26H27NO8S2/c1-26(15-18-7-4-5-10-20(18)27(26,2)3)12-11-16-8-6-9-17-13-19-14-21(36(29,30)31)22(28)25(37(32,33)34)24(19)35-23(16)17/h4-5,7,10-14H,6,8-9,15H2,1-3H3,(H2-,28,29,30,31,32,33,34). The van der Waals surface area contributed by atoms with Crippen molar-refractivity contribution < 1.29 is 35.8 Å². The molecule has 5 rings (SSSR count). The zero-order valence-electron chi connectivity index (χ0n) is 20.6. The molecule has 0 saturated heterocycles. The van der Waals surface area contributed by atoms with Gasteiger partial charge in [0.2, 0.25) is 0 Å². The van der Waals surface area contributed by atoms with E-state index in [1.165, 1.54) is 17.3 Å². The van der Waals surface area contributed by atoms with Crippen molar-refractivity contribution in [2.45, 2.75) is 47.9 Å². The number of likely N-dealkylation sites (N-methyl/N-ethyl adjacent to an activating group) is 1. The molecule has 0 bridgehead atoms. The van der Waals surface area contributed by atoms with Crippen LogP contribution in [0.5, 0.6) is 11.5 Å². The van der Waals surface area contributed by atoms with Crippen molar-refractivity contribution in [3.8, 4) is 11.5 Å². The molecule has 37 heavy (non-hydrogen) atoms. The van der Waals surface area contributed by atoms with Gasteiger partial charge in [-0.25, -0.2) is 8.42 Å². The first-order valence-corrected chi connectivity index (χ1v) is 14.6. The third-order valence-electron chi connectivity index (χ3n) is 7.80. The number of ether oxygens (including phenoxy) is 1. The number of hydrogen-bond acceptors (Lipinski definition) is 7. The summed E-state index contributed by atoms with van der Waals surface area (Å²) >= 11 is 0. The Labute approximate surface area is 216 Å². The third-order valence-corrected chi connectivity index (χ3v) is 9.55. The van der Waals surface area contributed by atoms with Crippen molar-refractivity contribution >= 4 is 32.0 Å². The van der Waals surface area contributed by atoms with Gasteiger partial charge in [-0.15, -0.1) is 0 Å². The molecule has 0 saturated carbocycles. The molecule has 2 N–H and O–H groups in total. The number of phenols is 1. The molecule has 9 nitrogen and oxygen atoms in total. The summed E-state index contributed by atoms with van der Waals surface area (Å²) in [6, 6.07) is 9.16. The highest BCUT2D eigenvalue weighted by Gasteiger charge is 2.48. The van der Waals surface area contributed by atoms with Crippen molar-refractivity contribution in [3.63, 3.8) is 0 Å². The molecule has 196 valence electrons. The number of allylic oxidation sites excluding steroid dienone is 3. The van der Waals surface area contributed by atoms with E-state index >= 15 is 0 Å². The van der Waals surface area contributed by atoms with E-state index in [0.29, 0.717) is 28.7 Å². The van der Waals surface area contributed by atoms with Crippen LogP contribution < -0.4 is 9.22 Å². The second-order valence-corrected chi connectivity index (χ2v) is 13.0. The molecule has 2 heterocycles. The van der Waals surface area contributed by atoms with Crippen LogP contribution in [0.4, 0.5) is 5.69 Å². The fourth-order valence-electron chi connectivity index (χ4n) is 5.48. The molecule has 11 heteroatoms. The van der Waals surface area contributed by atoms with Crippen LogP contribution >= 0.6 is 0 Å². The molecule has 0 radical (unpaired) electrons.